The van der Waals surface area contributed by atoms with Crippen molar-refractivity contribution in [2.75, 3.05) is 19.3 Å². The Kier molecular flexibility index (Phi) is 6.75. The van der Waals surface area contributed by atoms with E-state index in [2.05, 4.69) is 5.32 Å². The second kappa shape index (κ2) is 9.32. The molecule has 1 heterocycles. The zero-order valence-electron chi connectivity index (χ0n) is 16.7. The van der Waals surface area contributed by atoms with Crippen molar-refractivity contribution < 1.29 is 27.7 Å². The molecule has 0 unspecified atom stereocenters. The number of imide groups is 1. The maximum Gasteiger partial charge on any atom is 0.293 e. The molecule has 0 saturated carbocycles. The lowest BCUT2D eigenvalue weighted by molar-refractivity contribution is -0.385. The van der Waals surface area contributed by atoms with Gasteiger partial charge in [-0.05, 0) is 29.5 Å². The van der Waals surface area contributed by atoms with Gasteiger partial charge in [0.05, 0.1) is 14.7 Å². The smallest absolute Gasteiger partial charge is 0.293 e. The van der Waals surface area contributed by atoms with Crippen LogP contribution in [0.5, 0.6) is 0 Å². The quantitative estimate of drug-likeness (QED) is 0.365. The van der Waals surface area contributed by atoms with Crippen molar-refractivity contribution in [1.29, 1.82) is 0 Å². The van der Waals surface area contributed by atoms with Gasteiger partial charge in [0.15, 0.2) is 9.84 Å². The average Bonchev–Trinajstić information content (AvgIpc) is 3.00. The van der Waals surface area contributed by atoms with Crippen molar-refractivity contribution in [2.24, 2.45) is 0 Å². The van der Waals surface area contributed by atoms with Gasteiger partial charge in [-0.1, -0.05) is 30.3 Å². The number of sulfone groups is 1. The monoisotopic (exact) mass is 475 g/mol. The number of carbonyl (C=O) groups excluding carboxylic acids is 3. The van der Waals surface area contributed by atoms with Crippen LogP contribution in [0.25, 0.3) is 6.08 Å². The minimum atomic E-state index is -3.79. The highest BCUT2D eigenvalue weighted by molar-refractivity contribution is 8.18. The third-order valence-corrected chi connectivity index (χ3v) is 6.38. The Hall–Kier alpha value is -3.51. The van der Waals surface area contributed by atoms with E-state index in [1.54, 1.807) is 30.3 Å². The summed E-state index contributed by atoms with van der Waals surface area (Å²) in [6.07, 6.45) is 2.47. The zero-order chi connectivity index (χ0) is 23.5. The number of non-ortho nitro benzene ring substituents is 1. The Labute approximate surface area is 187 Å². The van der Waals surface area contributed by atoms with Gasteiger partial charge >= 0.3 is 0 Å². The van der Waals surface area contributed by atoms with E-state index in [9.17, 15) is 32.9 Å². The first-order valence-electron chi connectivity index (χ1n) is 9.14. The Morgan fingerprint density at radius 3 is 2.50 bits per heavy atom. The first-order chi connectivity index (χ1) is 15.1. The Balaban J connectivity index is 1.68. The van der Waals surface area contributed by atoms with Crippen LogP contribution in [-0.4, -0.2) is 54.6 Å². The van der Waals surface area contributed by atoms with E-state index in [4.69, 9.17) is 0 Å². The van der Waals surface area contributed by atoms with Crippen LogP contribution in [0.1, 0.15) is 15.9 Å². The van der Waals surface area contributed by atoms with E-state index in [-0.39, 0.29) is 28.5 Å². The van der Waals surface area contributed by atoms with Crippen LogP contribution in [0.4, 0.5) is 10.5 Å². The van der Waals surface area contributed by atoms with E-state index in [1.165, 1.54) is 0 Å². The number of rotatable bonds is 7. The Bertz CT molecular complexity index is 1240. The highest BCUT2D eigenvalue weighted by Crippen LogP contribution is 2.31. The summed E-state index contributed by atoms with van der Waals surface area (Å²) in [5, 5.41) is 13.0. The molecule has 0 spiro atoms. The molecule has 1 aliphatic heterocycles. The van der Waals surface area contributed by atoms with Gasteiger partial charge in [0.2, 0.25) is 0 Å². The van der Waals surface area contributed by atoms with E-state index in [0.717, 1.165) is 46.7 Å². The third-order valence-electron chi connectivity index (χ3n) is 4.38. The molecule has 0 aliphatic carbocycles. The number of nitro groups is 1. The van der Waals surface area contributed by atoms with Crippen LogP contribution in [0.15, 0.2) is 58.3 Å². The van der Waals surface area contributed by atoms with E-state index < -0.39 is 37.5 Å². The predicted octanol–water partition coefficient (Wildman–Crippen LogP) is 2.46. The van der Waals surface area contributed by atoms with E-state index in [1.807, 2.05) is 6.07 Å². The number of carbonyl (C=O) groups is 3. The summed E-state index contributed by atoms with van der Waals surface area (Å²) in [5.41, 5.74) is -0.00791. The van der Waals surface area contributed by atoms with Crippen LogP contribution in [0.2, 0.25) is 0 Å². The molecule has 32 heavy (non-hydrogen) atoms. The van der Waals surface area contributed by atoms with Crippen molar-refractivity contribution in [3.05, 3.63) is 74.7 Å². The summed E-state index contributed by atoms with van der Waals surface area (Å²) in [7, 11) is -3.79. The highest BCUT2D eigenvalue weighted by atomic mass is 32.2. The van der Waals surface area contributed by atoms with Crippen molar-refractivity contribution in [2.45, 2.75) is 4.90 Å². The van der Waals surface area contributed by atoms with Gasteiger partial charge in [-0.25, -0.2) is 8.42 Å². The fraction of sp³-hybridized carbons (Fsp3) is 0.150. The lowest BCUT2D eigenvalue weighted by Crippen LogP contribution is -2.37. The van der Waals surface area contributed by atoms with Crippen molar-refractivity contribution >= 4 is 50.4 Å². The number of hydrogen-bond donors (Lipinski definition) is 1. The van der Waals surface area contributed by atoms with Crippen LogP contribution in [0, 0.1) is 10.1 Å². The summed E-state index contributed by atoms with van der Waals surface area (Å²) in [4.78, 5) is 48.2. The zero-order valence-corrected chi connectivity index (χ0v) is 18.3. The van der Waals surface area contributed by atoms with E-state index >= 15 is 0 Å². The van der Waals surface area contributed by atoms with Crippen molar-refractivity contribution in [3.8, 4) is 0 Å². The number of benzene rings is 2. The molecule has 0 aromatic heterocycles. The molecular weight excluding hydrogens is 458 g/mol. The summed E-state index contributed by atoms with van der Waals surface area (Å²) in [6.45, 7) is -0.233. The summed E-state index contributed by atoms with van der Waals surface area (Å²) < 4.78 is 23.5. The number of hydrogen-bond acceptors (Lipinski definition) is 8. The van der Waals surface area contributed by atoms with Crippen LogP contribution in [0.3, 0.4) is 0 Å². The standard InChI is InChI=1S/C20H17N3O7S2/c1-32(29,30)16-11-14(10-15(12-16)23(27)28)18(24)21-7-8-22-19(25)17(31-20(22)26)9-13-5-3-2-4-6-13/h2-6,9-12H,7-8H2,1H3,(H,21,24)/b17-9+. The van der Waals surface area contributed by atoms with Gasteiger partial charge in [0, 0.05) is 37.0 Å². The molecule has 3 amide bonds. The Morgan fingerprint density at radius 1 is 1.19 bits per heavy atom. The molecule has 0 bridgehead atoms. The predicted molar refractivity (Wildman–Crippen MR) is 118 cm³/mol. The largest absolute Gasteiger partial charge is 0.350 e. The van der Waals surface area contributed by atoms with Gasteiger partial charge in [0.25, 0.3) is 22.7 Å². The number of amides is 3. The SMILES string of the molecule is CS(=O)(=O)c1cc(C(=O)NCCN2C(=O)S/C(=C/c3ccccc3)C2=O)cc([N+](=O)[O-])c1. The van der Waals surface area contributed by atoms with Crippen LogP contribution < -0.4 is 5.32 Å². The second-order valence-electron chi connectivity index (χ2n) is 6.74. The molecule has 10 nitrogen and oxygen atoms in total. The van der Waals surface area contributed by atoms with Crippen molar-refractivity contribution in [3.63, 3.8) is 0 Å². The van der Waals surface area contributed by atoms with Crippen LogP contribution in [-0.2, 0) is 14.6 Å². The topological polar surface area (TPSA) is 144 Å². The number of thioether (sulfide) groups is 1. The van der Waals surface area contributed by atoms with Gasteiger partial charge in [0.1, 0.15) is 0 Å². The number of nitro benzene ring substituents is 1. The van der Waals surface area contributed by atoms with E-state index in [0.29, 0.717) is 0 Å². The van der Waals surface area contributed by atoms with Gasteiger partial charge in [-0.3, -0.25) is 29.4 Å². The molecule has 12 heteroatoms. The first kappa shape index (κ1) is 23.2. The second-order valence-corrected chi connectivity index (χ2v) is 9.75. The molecule has 1 saturated heterocycles. The molecular formula is C20H17N3O7S2. The molecule has 2 aromatic rings. The van der Waals surface area contributed by atoms with Gasteiger partial charge in [-0.2, -0.15) is 0 Å². The minimum Gasteiger partial charge on any atom is -0.350 e. The summed E-state index contributed by atoms with van der Waals surface area (Å²) >= 11 is 0.786. The maximum absolute atomic E-state index is 12.5. The first-order valence-corrected chi connectivity index (χ1v) is 11.9. The molecule has 0 atom stereocenters. The molecule has 3 rings (SSSR count). The maximum atomic E-state index is 12.5. The molecule has 1 aliphatic rings. The molecule has 2 aromatic carbocycles. The lowest BCUT2D eigenvalue weighted by Gasteiger charge is -2.13. The number of nitrogens with zero attached hydrogens (tertiary/aromatic N) is 2. The van der Waals surface area contributed by atoms with Crippen LogP contribution >= 0.6 is 11.8 Å². The molecule has 166 valence electrons. The average molecular weight is 476 g/mol. The Morgan fingerprint density at radius 2 is 1.88 bits per heavy atom. The normalized spacial score (nSPS) is 15.3. The highest BCUT2D eigenvalue weighted by Gasteiger charge is 2.34. The molecule has 1 fully saturated rings. The fourth-order valence-corrected chi connectivity index (χ4v) is 4.35. The van der Waals surface area contributed by atoms with Gasteiger partial charge < -0.3 is 5.32 Å². The van der Waals surface area contributed by atoms with Crippen molar-refractivity contribution in [1.82, 2.24) is 10.2 Å². The molecule has 1 N–H and O–H groups in total. The summed E-state index contributed by atoms with van der Waals surface area (Å²) in [6, 6.07) is 11.9. The van der Waals surface area contributed by atoms with Gasteiger partial charge in [-0.15, -0.1) is 0 Å². The minimum absolute atomic E-state index is 0.115. The fourth-order valence-electron chi connectivity index (χ4n) is 2.81. The number of nitrogens with one attached hydrogen (secondary N) is 1. The lowest BCUT2D eigenvalue weighted by atomic mass is 10.2. The summed E-state index contributed by atoms with van der Waals surface area (Å²) in [5.74, 6) is -1.27. The molecule has 0 radical (unpaired) electrons. The third kappa shape index (κ3) is 5.39.